The van der Waals surface area contributed by atoms with Crippen molar-refractivity contribution >= 4 is 6.03 Å². The SMILES string of the molecule is CN(CCC1CCCCN1)C(=O)NC1CCOC1. The highest BCUT2D eigenvalue weighted by Gasteiger charge is 2.20. The maximum Gasteiger partial charge on any atom is 0.317 e. The molecule has 18 heavy (non-hydrogen) atoms. The summed E-state index contributed by atoms with van der Waals surface area (Å²) in [6.45, 7) is 3.36. The van der Waals surface area contributed by atoms with Crippen LogP contribution in [0.3, 0.4) is 0 Å². The van der Waals surface area contributed by atoms with Gasteiger partial charge in [0.05, 0.1) is 12.6 Å². The van der Waals surface area contributed by atoms with Crippen LogP contribution in [0.5, 0.6) is 0 Å². The molecule has 2 fully saturated rings. The number of nitrogens with zero attached hydrogens (tertiary/aromatic N) is 1. The highest BCUT2D eigenvalue weighted by molar-refractivity contribution is 5.74. The minimum absolute atomic E-state index is 0.0290. The fourth-order valence-electron chi connectivity index (χ4n) is 2.55. The molecule has 0 aromatic heterocycles. The number of ether oxygens (including phenoxy) is 1. The van der Waals surface area contributed by atoms with E-state index in [1.165, 1.54) is 19.3 Å². The molecule has 0 spiro atoms. The second kappa shape index (κ2) is 6.95. The van der Waals surface area contributed by atoms with Crippen molar-refractivity contribution in [3.8, 4) is 0 Å². The van der Waals surface area contributed by atoms with Gasteiger partial charge in [-0.3, -0.25) is 0 Å². The molecule has 0 aromatic carbocycles. The third-order valence-electron chi connectivity index (χ3n) is 3.83. The highest BCUT2D eigenvalue weighted by atomic mass is 16.5. The van der Waals surface area contributed by atoms with E-state index in [0.29, 0.717) is 12.6 Å². The fraction of sp³-hybridized carbons (Fsp3) is 0.923. The van der Waals surface area contributed by atoms with Gasteiger partial charge in [0.15, 0.2) is 0 Å². The van der Waals surface area contributed by atoms with E-state index in [1.807, 2.05) is 7.05 Å². The predicted octanol–water partition coefficient (Wildman–Crippen LogP) is 0.949. The number of amides is 2. The van der Waals surface area contributed by atoms with Gasteiger partial charge in [0.2, 0.25) is 0 Å². The van der Waals surface area contributed by atoms with E-state index >= 15 is 0 Å². The van der Waals surface area contributed by atoms with Crippen molar-refractivity contribution in [2.45, 2.75) is 44.2 Å². The first kappa shape index (κ1) is 13.6. The summed E-state index contributed by atoms with van der Waals surface area (Å²) in [5.74, 6) is 0. The molecule has 2 heterocycles. The number of carbonyl (C=O) groups excluding carboxylic acids is 1. The summed E-state index contributed by atoms with van der Waals surface area (Å²) < 4.78 is 5.25. The van der Waals surface area contributed by atoms with Crippen LogP contribution in [-0.4, -0.2) is 56.4 Å². The van der Waals surface area contributed by atoms with Crippen molar-refractivity contribution in [2.75, 3.05) is 33.4 Å². The van der Waals surface area contributed by atoms with Crippen molar-refractivity contribution in [1.29, 1.82) is 0 Å². The predicted molar refractivity (Wildman–Crippen MR) is 70.6 cm³/mol. The van der Waals surface area contributed by atoms with Gasteiger partial charge in [-0.1, -0.05) is 6.42 Å². The van der Waals surface area contributed by atoms with Gasteiger partial charge < -0.3 is 20.3 Å². The third-order valence-corrected chi connectivity index (χ3v) is 3.83. The molecule has 2 aliphatic heterocycles. The first-order valence-electron chi connectivity index (χ1n) is 7.08. The number of piperidine rings is 1. The molecule has 104 valence electrons. The molecule has 0 aliphatic carbocycles. The number of rotatable bonds is 4. The van der Waals surface area contributed by atoms with Crippen LogP contribution >= 0.6 is 0 Å². The zero-order valence-electron chi connectivity index (χ0n) is 11.3. The highest BCUT2D eigenvalue weighted by Crippen LogP contribution is 2.10. The Morgan fingerprint density at radius 2 is 2.33 bits per heavy atom. The van der Waals surface area contributed by atoms with Gasteiger partial charge in [-0.15, -0.1) is 0 Å². The average Bonchev–Trinajstić information content (AvgIpc) is 2.90. The molecule has 2 saturated heterocycles. The molecule has 2 N–H and O–H groups in total. The van der Waals surface area contributed by atoms with Gasteiger partial charge in [-0.2, -0.15) is 0 Å². The topological polar surface area (TPSA) is 53.6 Å². The van der Waals surface area contributed by atoms with Gasteiger partial charge >= 0.3 is 6.03 Å². The summed E-state index contributed by atoms with van der Waals surface area (Å²) in [5.41, 5.74) is 0. The minimum Gasteiger partial charge on any atom is -0.379 e. The van der Waals surface area contributed by atoms with E-state index in [2.05, 4.69) is 10.6 Å². The van der Waals surface area contributed by atoms with E-state index in [1.54, 1.807) is 4.90 Å². The van der Waals surface area contributed by atoms with Crippen LogP contribution in [0.25, 0.3) is 0 Å². The fourth-order valence-corrected chi connectivity index (χ4v) is 2.55. The smallest absolute Gasteiger partial charge is 0.317 e. The van der Waals surface area contributed by atoms with E-state index in [0.717, 1.165) is 32.5 Å². The summed E-state index contributed by atoms with van der Waals surface area (Å²) in [5, 5.41) is 6.52. The Kier molecular flexibility index (Phi) is 5.26. The monoisotopic (exact) mass is 255 g/mol. The molecule has 0 radical (unpaired) electrons. The number of hydrogen-bond acceptors (Lipinski definition) is 3. The summed E-state index contributed by atoms with van der Waals surface area (Å²) >= 11 is 0. The lowest BCUT2D eigenvalue weighted by atomic mass is 10.0. The molecule has 0 saturated carbocycles. The second-order valence-corrected chi connectivity index (χ2v) is 5.37. The van der Waals surface area contributed by atoms with Crippen molar-refractivity contribution < 1.29 is 9.53 Å². The Balaban J connectivity index is 1.63. The number of carbonyl (C=O) groups is 1. The van der Waals surface area contributed by atoms with E-state index in [9.17, 15) is 4.79 Å². The molecule has 2 amide bonds. The lowest BCUT2D eigenvalue weighted by Crippen LogP contribution is -2.45. The first-order valence-corrected chi connectivity index (χ1v) is 7.08. The van der Waals surface area contributed by atoms with Crippen LogP contribution in [0.1, 0.15) is 32.1 Å². The largest absolute Gasteiger partial charge is 0.379 e. The standard InChI is InChI=1S/C13H25N3O2/c1-16(8-5-11-4-2-3-7-14-11)13(17)15-12-6-9-18-10-12/h11-12,14H,2-10H2,1H3,(H,15,17). The summed E-state index contributed by atoms with van der Waals surface area (Å²) in [7, 11) is 1.87. The molecule has 0 aromatic rings. The Bertz CT molecular complexity index is 261. The molecule has 2 atom stereocenters. The number of urea groups is 1. The van der Waals surface area contributed by atoms with Crippen LogP contribution in [0.2, 0.25) is 0 Å². The van der Waals surface area contributed by atoms with Crippen molar-refractivity contribution in [3.63, 3.8) is 0 Å². The second-order valence-electron chi connectivity index (χ2n) is 5.37. The molecule has 2 rings (SSSR count). The van der Waals surface area contributed by atoms with Crippen LogP contribution in [0.15, 0.2) is 0 Å². The van der Waals surface area contributed by atoms with E-state index in [-0.39, 0.29) is 12.1 Å². The van der Waals surface area contributed by atoms with Crippen molar-refractivity contribution in [1.82, 2.24) is 15.5 Å². The zero-order chi connectivity index (χ0) is 12.8. The molecule has 5 nitrogen and oxygen atoms in total. The van der Waals surface area contributed by atoms with Crippen LogP contribution < -0.4 is 10.6 Å². The maximum atomic E-state index is 11.9. The number of nitrogens with one attached hydrogen (secondary N) is 2. The van der Waals surface area contributed by atoms with Crippen molar-refractivity contribution in [3.05, 3.63) is 0 Å². The quantitative estimate of drug-likeness (QED) is 0.786. The average molecular weight is 255 g/mol. The van der Waals surface area contributed by atoms with E-state index < -0.39 is 0 Å². The van der Waals surface area contributed by atoms with Gasteiger partial charge in [-0.05, 0) is 32.2 Å². The molecule has 0 bridgehead atoms. The molecule has 2 unspecified atom stereocenters. The van der Waals surface area contributed by atoms with Crippen molar-refractivity contribution in [2.24, 2.45) is 0 Å². The summed E-state index contributed by atoms with van der Waals surface area (Å²) in [6.07, 6.45) is 5.82. The lowest BCUT2D eigenvalue weighted by molar-refractivity contribution is 0.181. The lowest BCUT2D eigenvalue weighted by Gasteiger charge is -2.26. The first-order chi connectivity index (χ1) is 8.75. The Morgan fingerprint density at radius 3 is 3.00 bits per heavy atom. The van der Waals surface area contributed by atoms with Gasteiger partial charge in [-0.25, -0.2) is 4.79 Å². The minimum atomic E-state index is 0.0290. The molecule has 2 aliphatic rings. The van der Waals surface area contributed by atoms with Crippen LogP contribution in [0, 0.1) is 0 Å². The Labute approximate surface area is 109 Å². The zero-order valence-corrected chi connectivity index (χ0v) is 11.3. The Hall–Kier alpha value is -0.810. The number of hydrogen-bond donors (Lipinski definition) is 2. The normalized spacial score (nSPS) is 28.1. The molecule has 5 heteroatoms. The Morgan fingerprint density at radius 1 is 1.44 bits per heavy atom. The van der Waals surface area contributed by atoms with Gasteiger partial charge in [0, 0.05) is 26.2 Å². The molecular formula is C13H25N3O2. The third kappa shape index (κ3) is 4.14. The summed E-state index contributed by atoms with van der Waals surface area (Å²) in [6, 6.07) is 0.817. The van der Waals surface area contributed by atoms with E-state index in [4.69, 9.17) is 4.74 Å². The maximum absolute atomic E-state index is 11.9. The summed E-state index contributed by atoms with van der Waals surface area (Å²) in [4.78, 5) is 13.7. The van der Waals surface area contributed by atoms with Crippen LogP contribution in [0.4, 0.5) is 4.79 Å². The van der Waals surface area contributed by atoms with Crippen LogP contribution in [-0.2, 0) is 4.74 Å². The molecular weight excluding hydrogens is 230 g/mol. The van der Waals surface area contributed by atoms with Gasteiger partial charge in [0.1, 0.15) is 0 Å². The van der Waals surface area contributed by atoms with Gasteiger partial charge in [0.25, 0.3) is 0 Å².